The normalized spacial score (nSPS) is 9.67. The summed E-state index contributed by atoms with van der Waals surface area (Å²) in [4.78, 5) is 25.3. The molecule has 0 radical (unpaired) electrons. The smallest absolute Gasteiger partial charge is 0.225 e. The van der Waals surface area contributed by atoms with Gasteiger partial charge < -0.3 is 15.2 Å². The van der Waals surface area contributed by atoms with E-state index >= 15 is 0 Å². The number of aliphatic carboxylic acids is 1. The van der Waals surface area contributed by atoms with Gasteiger partial charge in [-0.25, -0.2) is 4.98 Å². The molecule has 0 bridgehead atoms. The van der Waals surface area contributed by atoms with E-state index in [1.54, 1.807) is 25.3 Å². The Balaban J connectivity index is 2.52. The Kier molecular flexibility index (Phi) is 3.79. The van der Waals surface area contributed by atoms with Crippen LogP contribution in [0.1, 0.15) is 18.4 Å². The van der Waals surface area contributed by atoms with Crippen molar-refractivity contribution in [3.63, 3.8) is 0 Å². The second kappa shape index (κ2) is 5.09. The van der Waals surface area contributed by atoms with Gasteiger partial charge in [-0.1, -0.05) is 6.07 Å². The van der Waals surface area contributed by atoms with E-state index in [0.717, 1.165) is 5.56 Å². The molecule has 5 nitrogen and oxygen atoms in total. The molecule has 1 aromatic rings. The van der Waals surface area contributed by atoms with Crippen LogP contribution in [0, 0.1) is 6.92 Å². The van der Waals surface area contributed by atoms with Gasteiger partial charge in [-0.05, 0) is 25.0 Å². The third-order valence-corrected chi connectivity index (χ3v) is 1.82. The van der Waals surface area contributed by atoms with Crippen LogP contribution in [0.5, 0.6) is 0 Å². The van der Waals surface area contributed by atoms with E-state index in [4.69, 9.17) is 0 Å². The first-order chi connectivity index (χ1) is 7.09. The molecule has 1 rings (SSSR count). The van der Waals surface area contributed by atoms with Gasteiger partial charge in [-0.15, -0.1) is 0 Å². The first-order valence-electron chi connectivity index (χ1n) is 4.51. The summed E-state index contributed by atoms with van der Waals surface area (Å²) in [5.41, 5.74) is 0.833. The molecule has 0 saturated heterocycles. The Hall–Kier alpha value is -1.91. The Morgan fingerprint density at radius 1 is 1.47 bits per heavy atom. The number of amides is 1. The summed E-state index contributed by atoms with van der Waals surface area (Å²) in [6.45, 7) is 1.81. The SMILES string of the molecule is Cc1cccnc1NC(=O)CCC(=O)[O-]. The van der Waals surface area contributed by atoms with Crippen LogP contribution in [0.3, 0.4) is 0 Å². The molecule has 1 aromatic heterocycles. The van der Waals surface area contributed by atoms with Crippen LogP contribution >= 0.6 is 0 Å². The quantitative estimate of drug-likeness (QED) is 0.744. The van der Waals surface area contributed by atoms with Crippen LogP contribution in [-0.2, 0) is 9.59 Å². The number of carbonyl (C=O) groups is 2. The van der Waals surface area contributed by atoms with Gasteiger partial charge in [0, 0.05) is 18.6 Å². The monoisotopic (exact) mass is 207 g/mol. The molecule has 0 spiro atoms. The lowest BCUT2D eigenvalue weighted by Gasteiger charge is -2.06. The molecule has 1 amide bonds. The summed E-state index contributed by atoms with van der Waals surface area (Å²) in [5, 5.41) is 12.6. The van der Waals surface area contributed by atoms with E-state index in [9.17, 15) is 14.7 Å². The number of aryl methyl sites for hydroxylation is 1. The van der Waals surface area contributed by atoms with Gasteiger partial charge in [0.2, 0.25) is 5.91 Å². The van der Waals surface area contributed by atoms with E-state index in [1.165, 1.54) is 0 Å². The number of hydrogen-bond acceptors (Lipinski definition) is 4. The number of rotatable bonds is 4. The molecule has 0 fully saturated rings. The number of pyridine rings is 1. The molecule has 0 aliphatic rings. The summed E-state index contributed by atoms with van der Waals surface area (Å²) in [7, 11) is 0. The average Bonchev–Trinajstić information content (AvgIpc) is 2.18. The molecule has 0 aromatic carbocycles. The number of carbonyl (C=O) groups excluding carboxylic acids is 2. The fourth-order valence-corrected chi connectivity index (χ4v) is 1.03. The topological polar surface area (TPSA) is 82.1 Å². The number of nitrogens with one attached hydrogen (secondary N) is 1. The first-order valence-corrected chi connectivity index (χ1v) is 4.51. The van der Waals surface area contributed by atoms with Crippen molar-refractivity contribution in [3.05, 3.63) is 23.9 Å². The van der Waals surface area contributed by atoms with Crippen molar-refractivity contribution in [3.8, 4) is 0 Å². The summed E-state index contributed by atoms with van der Waals surface area (Å²) in [5.74, 6) is -1.15. The van der Waals surface area contributed by atoms with Crippen LogP contribution in [0.25, 0.3) is 0 Å². The highest BCUT2D eigenvalue weighted by Gasteiger charge is 2.04. The highest BCUT2D eigenvalue weighted by molar-refractivity contribution is 5.91. The van der Waals surface area contributed by atoms with Crippen molar-refractivity contribution in [2.24, 2.45) is 0 Å². The van der Waals surface area contributed by atoms with Crippen LogP contribution in [0.2, 0.25) is 0 Å². The largest absolute Gasteiger partial charge is 0.550 e. The highest BCUT2D eigenvalue weighted by atomic mass is 16.4. The Labute approximate surface area is 87.1 Å². The molecular formula is C10H11N2O3-. The lowest BCUT2D eigenvalue weighted by Crippen LogP contribution is -2.24. The minimum atomic E-state index is -1.23. The van der Waals surface area contributed by atoms with Crippen LogP contribution < -0.4 is 10.4 Å². The van der Waals surface area contributed by atoms with Gasteiger partial charge in [0.25, 0.3) is 0 Å². The number of anilines is 1. The van der Waals surface area contributed by atoms with Crippen LogP contribution in [0.15, 0.2) is 18.3 Å². The van der Waals surface area contributed by atoms with Crippen molar-refractivity contribution in [1.82, 2.24) is 4.98 Å². The van der Waals surface area contributed by atoms with E-state index < -0.39 is 5.97 Å². The number of aromatic nitrogens is 1. The molecule has 5 heteroatoms. The number of hydrogen-bond donors (Lipinski definition) is 1. The second-order valence-corrected chi connectivity index (χ2v) is 3.09. The van der Waals surface area contributed by atoms with Crippen molar-refractivity contribution in [2.45, 2.75) is 19.8 Å². The van der Waals surface area contributed by atoms with E-state index in [2.05, 4.69) is 10.3 Å². The lowest BCUT2D eigenvalue weighted by molar-refractivity contribution is -0.305. The molecule has 0 aliphatic carbocycles. The number of carboxylic acid groups (broad SMARTS) is 1. The third-order valence-electron chi connectivity index (χ3n) is 1.82. The molecule has 0 saturated carbocycles. The van der Waals surface area contributed by atoms with Gasteiger partial charge in [0.05, 0.1) is 0 Å². The van der Waals surface area contributed by atoms with E-state index in [1.807, 2.05) is 0 Å². The molecular weight excluding hydrogens is 196 g/mol. The molecule has 0 unspecified atom stereocenters. The highest BCUT2D eigenvalue weighted by Crippen LogP contribution is 2.09. The van der Waals surface area contributed by atoms with Crippen molar-refractivity contribution >= 4 is 17.7 Å². The van der Waals surface area contributed by atoms with Gasteiger partial charge >= 0.3 is 0 Å². The zero-order chi connectivity index (χ0) is 11.3. The summed E-state index contributed by atoms with van der Waals surface area (Å²) < 4.78 is 0. The average molecular weight is 207 g/mol. The zero-order valence-electron chi connectivity index (χ0n) is 8.32. The fourth-order valence-electron chi connectivity index (χ4n) is 1.03. The maximum absolute atomic E-state index is 11.2. The van der Waals surface area contributed by atoms with Crippen LogP contribution in [0.4, 0.5) is 5.82 Å². The standard InChI is InChI=1S/C10H12N2O3/c1-7-3-2-6-11-10(7)12-8(13)4-5-9(14)15/h2-3,6H,4-5H2,1H3,(H,14,15)(H,11,12,13)/p-1. The fraction of sp³-hybridized carbons (Fsp3) is 0.300. The molecule has 80 valence electrons. The second-order valence-electron chi connectivity index (χ2n) is 3.09. The molecule has 0 atom stereocenters. The molecule has 1 heterocycles. The van der Waals surface area contributed by atoms with Gasteiger partial charge in [-0.3, -0.25) is 4.79 Å². The third kappa shape index (κ3) is 3.76. The zero-order valence-corrected chi connectivity index (χ0v) is 8.32. The van der Waals surface area contributed by atoms with Crippen LogP contribution in [-0.4, -0.2) is 16.9 Å². The summed E-state index contributed by atoms with van der Waals surface area (Å²) in [6, 6.07) is 3.56. The van der Waals surface area contributed by atoms with Gasteiger partial charge in [0.1, 0.15) is 5.82 Å². The van der Waals surface area contributed by atoms with E-state index in [0.29, 0.717) is 5.82 Å². The maximum Gasteiger partial charge on any atom is 0.225 e. The van der Waals surface area contributed by atoms with Gasteiger partial charge in [0.15, 0.2) is 0 Å². The van der Waals surface area contributed by atoms with Crippen molar-refractivity contribution in [1.29, 1.82) is 0 Å². The first kappa shape index (κ1) is 11.2. The van der Waals surface area contributed by atoms with Gasteiger partial charge in [-0.2, -0.15) is 0 Å². The maximum atomic E-state index is 11.2. The Morgan fingerprint density at radius 2 is 2.20 bits per heavy atom. The van der Waals surface area contributed by atoms with Crippen molar-refractivity contribution in [2.75, 3.05) is 5.32 Å². The predicted octanol–water partition coefficient (Wildman–Crippen LogP) is -0.141. The Bertz CT molecular complexity index is 377. The minimum Gasteiger partial charge on any atom is -0.550 e. The molecule has 15 heavy (non-hydrogen) atoms. The molecule has 0 aliphatic heterocycles. The minimum absolute atomic E-state index is 0.0989. The predicted molar refractivity (Wildman–Crippen MR) is 51.8 cm³/mol. The lowest BCUT2D eigenvalue weighted by atomic mass is 10.2. The Morgan fingerprint density at radius 3 is 2.80 bits per heavy atom. The summed E-state index contributed by atoms with van der Waals surface area (Å²) in [6.07, 6.45) is 1.18. The van der Waals surface area contributed by atoms with Crippen molar-refractivity contribution < 1.29 is 14.7 Å². The molecule has 1 N–H and O–H groups in total. The number of carboxylic acids is 1. The summed E-state index contributed by atoms with van der Waals surface area (Å²) >= 11 is 0. The van der Waals surface area contributed by atoms with E-state index in [-0.39, 0.29) is 18.7 Å². The number of nitrogens with zero attached hydrogens (tertiary/aromatic N) is 1.